The lowest BCUT2D eigenvalue weighted by molar-refractivity contribution is 0.294. The molecule has 5 heteroatoms. The molecular formula is C18H25N5. The number of fused-ring (bicyclic) bond motifs is 2. The summed E-state index contributed by atoms with van der Waals surface area (Å²) in [4.78, 5) is 17.2. The van der Waals surface area contributed by atoms with Crippen molar-refractivity contribution in [3.8, 4) is 0 Å². The van der Waals surface area contributed by atoms with Gasteiger partial charge in [0.25, 0.3) is 0 Å². The fourth-order valence-corrected chi connectivity index (χ4v) is 4.81. The van der Waals surface area contributed by atoms with Crippen molar-refractivity contribution in [3.05, 3.63) is 18.6 Å². The SMILES string of the molecule is CN(c1ncnc2[nH]ccc12)C1C[C@@H]2CN(CC3CC3)C[C@@H]2C1. The van der Waals surface area contributed by atoms with E-state index in [1.807, 2.05) is 6.20 Å². The number of aromatic amines is 1. The minimum atomic E-state index is 0.626. The Morgan fingerprint density at radius 3 is 2.74 bits per heavy atom. The first kappa shape index (κ1) is 13.8. The summed E-state index contributed by atoms with van der Waals surface area (Å²) in [6, 6.07) is 2.72. The zero-order valence-electron chi connectivity index (χ0n) is 13.8. The Labute approximate surface area is 137 Å². The minimum absolute atomic E-state index is 0.626. The van der Waals surface area contributed by atoms with E-state index in [9.17, 15) is 0 Å². The molecule has 5 nitrogen and oxygen atoms in total. The monoisotopic (exact) mass is 311 g/mol. The van der Waals surface area contributed by atoms with Crippen molar-refractivity contribution in [2.24, 2.45) is 17.8 Å². The topological polar surface area (TPSA) is 48.1 Å². The van der Waals surface area contributed by atoms with Crippen LogP contribution in [0, 0.1) is 17.8 Å². The molecule has 2 aromatic heterocycles. The van der Waals surface area contributed by atoms with Gasteiger partial charge >= 0.3 is 0 Å². The smallest absolute Gasteiger partial charge is 0.142 e. The van der Waals surface area contributed by atoms with Crippen LogP contribution in [0.25, 0.3) is 11.0 Å². The molecule has 1 saturated heterocycles. The van der Waals surface area contributed by atoms with Crippen molar-refractivity contribution in [3.63, 3.8) is 0 Å². The van der Waals surface area contributed by atoms with Crippen LogP contribution in [0.4, 0.5) is 5.82 Å². The maximum absolute atomic E-state index is 4.56. The largest absolute Gasteiger partial charge is 0.356 e. The van der Waals surface area contributed by atoms with Crippen molar-refractivity contribution in [1.29, 1.82) is 0 Å². The van der Waals surface area contributed by atoms with Crippen molar-refractivity contribution in [1.82, 2.24) is 19.9 Å². The average molecular weight is 311 g/mol. The highest BCUT2D eigenvalue weighted by atomic mass is 15.2. The van der Waals surface area contributed by atoms with E-state index in [4.69, 9.17) is 0 Å². The number of H-pyrrole nitrogens is 1. The molecule has 3 aliphatic rings. The maximum Gasteiger partial charge on any atom is 0.142 e. The Hall–Kier alpha value is -1.62. The fourth-order valence-electron chi connectivity index (χ4n) is 4.81. The minimum Gasteiger partial charge on any atom is -0.356 e. The molecule has 3 fully saturated rings. The Kier molecular flexibility index (Phi) is 3.11. The van der Waals surface area contributed by atoms with Crippen molar-refractivity contribution < 1.29 is 0 Å². The molecule has 1 N–H and O–H groups in total. The van der Waals surface area contributed by atoms with Gasteiger partial charge < -0.3 is 14.8 Å². The van der Waals surface area contributed by atoms with Crippen molar-refractivity contribution in [2.75, 3.05) is 31.6 Å². The number of anilines is 1. The quantitative estimate of drug-likeness (QED) is 0.942. The molecule has 0 aromatic carbocycles. The van der Waals surface area contributed by atoms with Gasteiger partial charge in [-0.3, -0.25) is 0 Å². The zero-order chi connectivity index (χ0) is 15.4. The number of nitrogens with one attached hydrogen (secondary N) is 1. The Morgan fingerprint density at radius 2 is 2.00 bits per heavy atom. The highest BCUT2D eigenvalue weighted by Crippen LogP contribution is 2.42. The second-order valence-corrected chi connectivity index (χ2v) is 7.86. The van der Waals surface area contributed by atoms with Crippen molar-refractivity contribution >= 4 is 16.9 Å². The lowest BCUT2D eigenvalue weighted by Gasteiger charge is -2.28. The molecule has 2 aliphatic carbocycles. The van der Waals surface area contributed by atoms with E-state index in [1.165, 1.54) is 45.3 Å². The Morgan fingerprint density at radius 1 is 1.22 bits per heavy atom. The van der Waals surface area contributed by atoms with Crippen LogP contribution < -0.4 is 4.90 Å². The molecule has 122 valence electrons. The van der Waals surface area contributed by atoms with Gasteiger partial charge in [0, 0.05) is 38.9 Å². The average Bonchev–Trinajstić information content (AvgIpc) is 2.96. The van der Waals surface area contributed by atoms with E-state index in [2.05, 4.69) is 37.9 Å². The third-order valence-electron chi connectivity index (χ3n) is 6.23. The number of aromatic nitrogens is 3. The van der Waals surface area contributed by atoms with Gasteiger partial charge in [-0.25, -0.2) is 9.97 Å². The first-order valence-electron chi connectivity index (χ1n) is 9.01. The third kappa shape index (κ3) is 2.42. The van der Waals surface area contributed by atoms with Crippen LogP contribution in [0.2, 0.25) is 0 Å². The summed E-state index contributed by atoms with van der Waals surface area (Å²) in [6.45, 7) is 4.02. The number of hydrogen-bond donors (Lipinski definition) is 1. The molecule has 5 rings (SSSR count). The van der Waals surface area contributed by atoms with Gasteiger partial charge in [-0.05, 0) is 49.5 Å². The molecule has 1 unspecified atom stereocenters. The molecule has 1 aliphatic heterocycles. The van der Waals surface area contributed by atoms with Crippen LogP contribution in [-0.2, 0) is 0 Å². The van der Waals surface area contributed by atoms with E-state index in [0.29, 0.717) is 6.04 Å². The molecular weight excluding hydrogens is 286 g/mol. The van der Waals surface area contributed by atoms with E-state index >= 15 is 0 Å². The number of likely N-dealkylation sites (tertiary alicyclic amines) is 1. The summed E-state index contributed by atoms with van der Waals surface area (Å²) in [6.07, 6.45) is 9.21. The number of nitrogens with zero attached hydrogens (tertiary/aromatic N) is 4. The highest BCUT2D eigenvalue weighted by Gasteiger charge is 2.43. The van der Waals surface area contributed by atoms with Crippen molar-refractivity contribution in [2.45, 2.75) is 31.7 Å². The van der Waals surface area contributed by atoms with Crippen LogP contribution >= 0.6 is 0 Å². The van der Waals surface area contributed by atoms with E-state index in [0.717, 1.165) is 34.6 Å². The number of hydrogen-bond acceptors (Lipinski definition) is 4. The highest BCUT2D eigenvalue weighted by molar-refractivity contribution is 5.87. The Balaban J connectivity index is 1.29. The predicted molar refractivity (Wildman–Crippen MR) is 91.5 cm³/mol. The predicted octanol–water partition coefficient (Wildman–Crippen LogP) is 2.51. The van der Waals surface area contributed by atoms with Crippen LogP contribution in [0.15, 0.2) is 18.6 Å². The molecule has 3 atom stereocenters. The Bertz CT molecular complexity index is 692. The maximum atomic E-state index is 4.56. The normalized spacial score (nSPS) is 30.9. The summed E-state index contributed by atoms with van der Waals surface area (Å²) in [5.41, 5.74) is 0.940. The summed E-state index contributed by atoms with van der Waals surface area (Å²) < 4.78 is 0. The zero-order valence-corrected chi connectivity index (χ0v) is 13.8. The molecule has 3 heterocycles. The van der Waals surface area contributed by atoms with Crippen LogP contribution in [0.3, 0.4) is 0 Å². The van der Waals surface area contributed by atoms with E-state index in [-0.39, 0.29) is 0 Å². The molecule has 23 heavy (non-hydrogen) atoms. The van der Waals surface area contributed by atoms with Gasteiger partial charge in [-0.2, -0.15) is 0 Å². The van der Waals surface area contributed by atoms with Crippen LogP contribution in [0.5, 0.6) is 0 Å². The molecule has 0 radical (unpaired) electrons. The van der Waals surface area contributed by atoms with Gasteiger partial charge in [0.05, 0.1) is 5.39 Å². The first-order chi connectivity index (χ1) is 11.3. The number of rotatable bonds is 4. The van der Waals surface area contributed by atoms with Crippen LogP contribution in [0.1, 0.15) is 25.7 Å². The lowest BCUT2D eigenvalue weighted by atomic mass is 10.0. The summed E-state index contributed by atoms with van der Waals surface area (Å²) in [5, 5.41) is 1.14. The summed E-state index contributed by atoms with van der Waals surface area (Å²) in [7, 11) is 2.21. The molecule has 0 amide bonds. The second kappa shape index (κ2) is 5.20. The second-order valence-electron chi connectivity index (χ2n) is 7.86. The van der Waals surface area contributed by atoms with Gasteiger partial charge in [0.15, 0.2) is 0 Å². The summed E-state index contributed by atoms with van der Waals surface area (Å²) in [5.74, 6) is 3.89. The molecule has 0 spiro atoms. The standard InChI is InChI=1S/C18H25N5/c1-22(18-16-4-5-19-17(16)20-11-21-18)15-6-13-9-23(8-12-2-3-12)10-14(13)7-15/h4-5,11-15H,2-3,6-10H2,1H3,(H,19,20,21)/t13-,14+,15?. The summed E-state index contributed by atoms with van der Waals surface area (Å²) >= 11 is 0. The van der Waals surface area contributed by atoms with Gasteiger partial charge in [-0.1, -0.05) is 0 Å². The van der Waals surface area contributed by atoms with E-state index in [1.54, 1.807) is 6.33 Å². The molecule has 2 aromatic rings. The first-order valence-corrected chi connectivity index (χ1v) is 9.01. The third-order valence-corrected chi connectivity index (χ3v) is 6.23. The molecule has 2 saturated carbocycles. The fraction of sp³-hybridized carbons (Fsp3) is 0.667. The molecule has 0 bridgehead atoms. The van der Waals surface area contributed by atoms with E-state index < -0.39 is 0 Å². The lowest BCUT2D eigenvalue weighted by Crippen LogP contribution is -2.33. The van der Waals surface area contributed by atoms with Gasteiger partial charge in [-0.15, -0.1) is 0 Å². The van der Waals surface area contributed by atoms with Crippen LogP contribution in [-0.4, -0.2) is 52.6 Å². The van der Waals surface area contributed by atoms with Gasteiger partial charge in [0.2, 0.25) is 0 Å². The van der Waals surface area contributed by atoms with Gasteiger partial charge in [0.1, 0.15) is 17.8 Å².